The summed E-state index contributed by atoms with van der Waals surface area (Å²) in [6.07, 6.45) is 3.55. The Hall–Kier alpha value is -2.14. The maximum Gasteiger partial charge on any atom is 0.195 e. The van der Waals surface area contributed by atoms with Crippen molar-refractivity contribution in [3.63, 3.8) is 0 Å². The van der Waals surface area contributed by atoms with Crippen molar-refractivity contribution in [1.82, 2.24) is 9.38 Å². The quantitative estimate of drug-likeness (QED) is 0.670. The van der Waals surface area contributed by atoms with E-state index in [1.807, 2.05) is 28.7 Å². The van der Waals surface area contributed by atoms with Crippen LogP contribution in [0.3, 0.4) is 0 Å². The molecule has 0 bridgehead atoms. The summed E-state index contributed by atoms with van der Waals surface area (Å²) in [4.78, 5) is 17.2. The zero-order valence-corrected chi connectivity index (χ0v) is 12.8. The van der Waals surface area contributed by atoms with Gasteiger partial charge in [0.05, 0.1) is 12.3 Å². The number of carbonyl (C=O) groups excluding carboxylic acids is 1. The van der Waals surface area contributed by atoms with Gasteiger partial charge in [-0.05, 0) is 43.2 Å². The van der Waals surface area contributed by atoms with Gasteiger partial charge in [-0.15, -0.1) is 11.3 Å². The molecule has 2 aromatic heterocycles. The first-order valence-electron chi connectivity index (χ1n) is 6.90. The van der Waals surface area contributed by atoms with E-state index in [9.17, 15) is 4.79 Å². The molecule has 0 fully saturated rings. The summed E-state index contributed by atoms with van der Waals surface area (Å²) in [6.45, 7) is 4.88. The predicted molar refractivity (Wildman–Crippen MR) is 84.4 cm³/mol. The molecule has 3 rings (SSSR count). The van der Waals surface area contributed by atoms with E-state index in [0.717, 1.165) is 41.3 Å². The average molecular weight is 300 g/mol. The van der Waals surface area contributed by atoms with Crippen LogP contribution in [0.25, 0.3) is 16.2 Å². The minimum Gasteiger partial charge on any atom is -0.494 e. The normalized spacial score (nSPS) is 11.0. The van der Waals surface area contributed by atoms with E-state index in [2.05, 4.69) is 18.8 Å². The standard InChI is InChI=1S/C16H16N2O2S/c1-3-8-20-14-6-4-12(5-7-14)15-11(2)21-16-17-13(10-19)9-18(15)16/h4-7,9-10H,3,8H2,1-2H3. The number of fused-ring (bicyclic) bond motifs is 1. The average Bonchev–Trinajstić information content (AvgIpc) is 3.02. The highest BCUT2D eigenvalue weighted by Crippen LogP contribution is 2.32. The van der Waals surface area contributed by atoms with Crippen LogP contribution in [0.2, 0.25) is 0 Å². The van der Waals surface area contributed by atoms with Gasteiger partial charge in [0.25, 0.3) is 0 Å². The number of hydrogen-bond acceptors (Lipinski definition) is 4. The third kappa shape index (κ3) is 2.56. The van der Waals surface area contributed by atoms with Crippen molar-refractivity contribution >= 4 is 22.6 Å². The number of nitrogens with zero attached hydrogens (tertiary/aromatic N) is 2. The molecule has 21 heavy (non-hydrogen) atoms. The van der Waals surface area contributed by atoms with Gasteiger partial charge >= 0.3 is 0 Å². The molecule has 0 radical (unpaired) electrons. The second-order valence-corrected chi connectivity index (χ2v) is 6.00. The van der Waals surface area contributed by atoms with Gasteiger partial charge < -0.3 is 4.74 Å². The third-order valence-corrected chi connectivity index (χ3v) is 4.20. The molecular formula is C16H16N2O2S. The third-order valence-electron chi connectivity index (χ3n) is 3.23. The lowest BCUT2D eigenvalue weighted by Crippen LogP contribution is -1.94. The molecule has 1 aromatic carbocycles. The first-order valence-corrected chi connectivity index (χ1v) is 7.71. The Kier molecular flexibility index (Phi) is 3.75. The summed E-state index contributed by atoms with van der Waals surface area (Å²) < 4.78 is 7.58. The zero-order chi connectivity index (χ0) is 14.8. The summed E-state index contributed by atoms with van der Waals surface area (Å²) in [6, 6.07) is 8.04. The predicted octanol–water partition coefficient (Wildman–Crippen LogP) is 3.97. The molecule has 2 heterocycles. The molecule has 0 amide bonds. The fraction of sp³-hybridized carbons (Fsp3) is 0.250. The van der Waals surface area contributed by atoms with Crippen molar-refractivity contribution in [2.45, 2.75) is 20.3 Å². The molecule has 0 N–H and O–H groups in total. The van der Waals surface area contributed by atoms with Crippen LogP contribution in [0.4, 0.5) is 0 Å². The largest absolute Gasteiger partial charge is 0.494 e. The molecule has 0 aliphatic rings. The SMILES string of the molecule is CCCOc1ccc(-c2c(C)sc3nc(C=O)cn23)cc1. The van der Waals surface area contributed by atoms with Crippen LogP contribution in [-0.4, -0.2) is 22.3 Å². The van der Waals surface area contributed by atoms with Gasteiger partial charge in [0, 0.05) is 11.1 Å². The number of aldehydes is 1. The van der Waals surface area contributed by atoms with Gasteiger partial charge in [0.15, 0.2) is 11.2 Å². The minimum atomic E-state index is 0.463. The number of rotatable bonds is 5. The number of benzene rings is 1. The summed E-state index contributed by atoms with van der Waals surface area (Å²) in [5, 5.41) is 0. The van der Waals surface area contributed by atoms with Crippen molar-refractivity contribution in [3.8, 4) is 17.0 Å². The number of thiazole rings is 1. The molecule has 0 saturated heterocycles. The highest BCUT2D eigenvalue weighted by Gasteiger charge is 2.13. The van der Waals surface area contributed by atoms with Crippen LogP contribution >= 0.6 is 11.3 Å². The van der Waals surface area contributed by atoms with Gasteiger partial charge in [0.2, 0.25) is 0 Å². The molecule has 0 saturated carbocycles. The van der Waals surface area contributed by atoms with E-state index < -0.39 is 0 Å². The highest BCUT2D eigenvalue weighted by atomic mass is 32.1. The molecule has 0 spiro atoms. The molecule has 0 unspecified atom stereocenters. The lowest BCUT2D eigenvalue weighted by Gasteiger charge is -2.06. The molecule has 0 atom stereocenters. The number of imidazole rings is 1. The number of aromatic nitrogens is 2. The van der Waals surface area contributed by atoms with Crippen molar-refractivity contribution < 1.29 is 9.53 Å². The van der Waals surface area contributed by atoms with E-state index >= 15 is 0 Å². The molecule has 108 valence electrons. The Balaban J connectivity index is 2.00. The van der Waals surface area contributed by atoms with Crippen LogP contribution in [0.15, 0.2) is 30.5 Å². The lowest BCUT2D eigenvalue weighted by molar-refractivity contribution is 0.111. The second-order valence-electron chi connectivity index (χ2n) is 4.82. The van der Waals surface area contributed by atoms with E-state index in [1.54, 1.807) is 17.5 Å². The molecule has 5 heteroatoms. The van der Waals surface area contributed by atoms with Gasteiger partial charge in [-0.1, -0.05) is 6.92 Å². The number of aryl methyl sites for hydroxylation is 1. The van der Waals surface area contributed by atoms with Gasteiger partial charge in [-0.2, -0.15) is 0 Å². The first-order chi connectivity index (χ1) is 10.2. The van der Waals surface area contributed by atoms with E-state index in [0.29, 0.717) is 5.69 Å². The highest BCUT2D eigenvalue weighted by molar-refractivity contribution is 7.17. The fourth-order valence-electron chi connectivity index (χ4n) is 2.30. The number of ether oxygens (including phenoxy) is 1. The smallest absolute Gasteiger partial charge is 0.195 e. The Bertz CT molecular complexity index is 772. The second kappa shape index (κ2) is 5.69. The molecular weight excluding hydrogens is 284 g/mol. The van der Waals surface area contributed by atoms with Gasteiger partial charge in [0.1, 0.15) is 11.4 Å². The molecule has 3 aromatic rings. The monoisotopic (exact) mass is 300 g/mol. The number of hydrogen-bond donors (Lipinski definition) is 0. The Labute approximate surface area is 127 Å². The van der Waals surface area contributed by atoms with Crippen molar-refractivity contribution in [2.24, 2.45) is 0 Å². The molecule has 0 aliphatic carbocycles. The molecule has 4 nitrogen and oxygen atoms in total. The first kappa shape index (κ1) is 13.8. The van der Waals surface area contributed by atoms with Crippen LogP contribution in [-0.2, 0) is 0 Å². The minimum absolute atomic E-state index is 0.463. The molecule has 0 aliphatic heterocycles. The fourth-order valence-corrected chi connectivity index (χ4v) is 3.28. The Morgan fingerprint density at radius 1 is 1.33 bits per heavy atom. The number of carbonyl (C=O) groups is 1. The maximum absolute atomic E-state index is 10.9. The van der Waals surface area contributed by atoms with Crippen molar-refractivity contribution in [1.29, 1.82) is 0 Å². The van der Waals surface area contributed by atoms with Crippen LogP contribution in [0, 0.1) is 6.92 Å². The maximum atomic E-state index is 10.9. The van der Waals surface area contributed by atoms with Crippen LogP contribution in [0.5, 0.6) is 5.75 Å². The zero-order valence-electron chi connectivity index (χ0n) is 12.0. The summed E-state index contributed by atoms with van der Waals surface area (Å²) in [7, 11) is 0. The van der Waals surface area contributed by atoms with Gasteiger partial charge in [-0.25, -0.2) is 4.98 Å². The summed E-state index contributed by atoms with van der Waals surface area (Å²) in [5.41, 5.74) is 2.64. The van der Waals surface area contributed by atoms with Crippen LogP contribution < -0.4 is 4.74 Å². The summed E-state index contributed by atoms with van der Waals surface area (Å²) >= 11 is 1.59. The van der Waals surface area contributed by atoms with E-state index in [1.165, 1.54) is 4.88 Å². The Morgan fingerprint density at radius 2 is 2.10 bits per heavy atom. The summed E-state index contributed by atoms with van der Waals surface area (Å²) in [5.74, 6) is 0.879. The van der Waals surface area contributed by atoms with Crippen LogP contribution in [0.1, 0.15) is 28.7 Å². The van der Waals surface area contributed by atoms with E-state index in [4.69, 9.17) is 4.74 Å². The van der Waals surface area contributed by atoms with E-state index in [-0.39, 0.29) is 0 Å². The lowest BCUT2D eigenvalue weighted by atomic mass is 10.1. The van der Waals surface area contributed by atoms with Gasteiger partial charge in [-0.3, -0.25) is 9.20 Å². The van der Waals surface area contributed by atoms with Crippen molar-refractivity contribution in [3.05, 3.63) is 41.0 Å². The topological polar surface area (TPSA) is 43.6 Å². The Morgan fingerprint density at radius 3 is 2.76 bits per heavy atom. The van der Waals surface area contributed by atoms with Crippen molar-refractivity contribution in [2.75, 3.05) is 6.61 Å².